The van der Waals surface area contributed by atoms with Crippen LogP contribution >= 0.6 is 11.6 Å². The van der Waals surface area contributed by atoms with Gasteiger partial charge in [-0.3, -0.25) is 4.79 Å². The van der Waals surface area contributed by atoms with E-state index in [1.165, 1.54) is 0 Å². The minimum Gasteiger partial charge on any atom is -0.494 e. The van der Waals surface area contributed by atoms with Crippen molar-refractivity contribution in [2.24, 2.45) is 0 Å². The lowest BCUT2D eigenvalue weighted by molar-refractivity contribution is -0.110. The van der Waals surface area contributed by atoms with E-state index in [4.69, 9.17) is 16.3 Å². The predicted molar refractivity (Wildman–Crippen MR) is 89.3 cm³/mol. The summed E-state index contributed by atoms with van der Waals surface area (Å²) in [4.78, 5) is 12.0. The highest BCUT2D eigenvalue weighted by Crippen LogP contribution is 2.33. The molecular weight excluding hydrogens is 300 g/mol. The Morgan fingerprint density at radius 1 is 1.23 bits per heavy atom. The van der Waals surface area contributed by atoms with Gasteiger partial charge in [-0.05, 0) is 49.4 Å². The van der Waals surface area contributed by atoms with Crippen molar-refractivity contribution in [3.8, 4) is 5.75 Å². The highest BCUT2D eigenvalue weighted by molar-refractivity contribution is 6.34. The molecule has 5 heteroatoms. The summed E-state index contributed by atoms with van der Waals surface area (Å²) in [6, 6.07) is 12.9. The molecule has 0 unspecified atom stereocenters. The third-order valence-corrected chi connectivity index (χ3v) is 3.55. The number of ether oxygens (including phenoxy) is 1. The average molecular weight is 315 g/mol. The number of anilines is 2. The Morgan fingerprint density at radius 3 is 2.73 bits per heavy atom. The second-order valence-corrected chi connectivity index (χ2v) is 5.24. The summed E-state index contributed by atoms with van der Waals surface area (Å²) in [5.74, 6) is 0.673. The topological polar surface area (TPSA) is 50.4 Å². The number of hydrogen-bond acceptors (Lipinski definition) is 3. The van der Waals surface area contributed by atoms with Gasteiger partial charge >= 0.3 is 0 Å². The van der Waals surface area contributed by atoms with Gasteiger partial charge in [-0.2, -0.15) is 0 Å². The Bertz CT molecular complexity index is 739. The van der Waals surface area contributed by atoms with E-state index < -0.39 is 0 Å². The Balaban J connectivity index is 1.81. The maximum Gasteiger partial charge on any atom is 0.257 e. The van der Waals surface area contributed by atoms with E-state index in [0.29, 0.717) is 17.2 Å². The summed E-state index contributed by atoms with van der Waals surface area (Å²) in [5, 5.41) is 6.54. The molecule has 1 amide bonds. The summed E-state index contributed by atoms with van der Waals surface area (Å²) in [6.07, 6.45) is 1.69. The van der Waals surface area contributed by atoms with Crippen molar-refractivity contribution in [2.45, 2.75) is 6.92 Å². The third-order valence-electron chi connectivity index (χ3n) is 3.31. The van der Waals surface area contributed by atoms with Gasteiger partial charge in [0.1, 0.15) is 5.75 Å². The van der Waals surface area contributed by atoms with Crippen LogP contribution in [0, 0.1) is 0 Å². The molecule has 2 N–H and O–H groups in total. The molecule has 0 aromatic heterocycles. The second-order valence-electron chi connectivity index (χ2n) is 4.80. The van der Waals surface area contributed by atoms with Crippen molar-refractivity contribution in [2.75, 3.05) is 17.2 Å². The van der Waals surface area contributed by atoms with Gasteiger partial charge in [-0.15, -0.1) is 0 Å². The van der Waals surface area contributed by atoms with Crippen LogP contribution in [-0.2, 0) is 4.79 Å². The molecule has 0 radical (unpaired) electrons. The van der Waals surface area contributed by atoms with E-state index in [0.717, 1.165) is 22.7 Å². The molecule has 112 valence electrons. The van der Waals surface area contributed by atoms with E-state index >= 15 is 0 Å². The van der Waals surface area contributed by atoms with Crippen molar-refractivity contribution in [1.29, 1.82) is 0 Å². The van der Waals surface area contributed by atoms with Crippen LogP contribution in [0.3, 0.4) is 0 Å². The lowest BCUT2D eigenvalue weighted by Crippen LogP contribution is -2.05. The molecule has 3 rings (SSSR count). The van der Waals surface area contributed by atoms with E-state index in [9.17, 15) is 4.79 Å². The normalized spacial score (nSPS) is 14.6. The predicted octanol–water partition coefficient (Wildman–Crippen LogP) is 4.14. The second kappa shape index (κ2) is 6.12. The number of nitrogens with one attached hydrogen (secondary N) is 2. The first kappa shape index (κ1) is 14.5. The van der Waals surface area contributed by atoms with Crippen molar-refractivity contribution in [3.63, 3.8) is 0 Å². The quantitative estimate of drug-likeness (QED) is 0.834. The molecular formula is C17H15ClN2O2. The van der Waals surface area contributed by atoms with Crippen molar-refractivity contribution >= 4 is 34.5 Å². The van der Waals surface area contributed by atoms with Crippen molar-refractivity contribution in [3.05, 3.63) is 59.3 Å². The SMILES string of the molecule is CCOc1ccc(N/C=C2\C(=O)Nc3ccc(Cl)cc32)cc1. The van der Waals surface area contributed by atoms with E-state index in [-0.39, 0.29) is 5.91 Å². The number of hydrogen-bond donors (Lipinski definition) is 2. The molecule has 2 aromatic carbocycles. The highest BCUT2D eigenvalue weighted by Gasteiger charge is 2.24. The molecule has 0 saturated carbocycles. The fourth-order valence-corrected chi connectivity index (χ4v) is 2.45. The Hall–Kier alpha value is -2.46. The van der Waals surface area contributed by atoms with Gasteiger partial charge < -0.3 is 15.4 Å². The number of benzene rings is 2. The third kappa shape index (κ3) is 2.92. The molecule has 22 heavy (non-hydrogen) atoms. The number of amides is 1. The van der Waals surface area contributed by atoms with Gasteiger partial charge in [-0.25, -0.2) is 0 Å². The fraction of sp³-hybridized carbons (Fsp3) is 0.118. The summed E-state index contributed by atoms with van der Waals surface area (Å²) in [7, 11) is 0. The van der Waals surface area contributed by atoms with Gasteiger partial charge in [0.25, 0.3) is 5.91 Å². The number of carbonyl (C=O) groups excluding carboxylic acids is 1. The maximum atomic E-state index is 12.0. The molecule has 0 atom stereocenters. The Labute approximate surface area is 133 Å². The molecule has 0 spiro atoms. The van der Waals surface area contributed by atoms with Crippen LogP contribution < -0.4 is 15.4 Å². The number of fused-ring (bicyclic) bond motifs is 1. The molecule has 1 heterocycles. The number of rotatable bonds is 4. The molecule has 1 aliphatic heterocycles. The Morgan fingerprint density at radius 2 is 2.00 bits per heavy atom. The highest BCUT2D eigenvalue weighted by atomic mass is 35.5. The van der Waals surface area contributed by atoms with Gasteiger partial charge in [0.15, 0.2) is 0 Å². The number of carbonyl (C=O) groups is 1. The maximum absolute atomic E-state index is 12.0. The zero-order valence-corrected chi connectivity index (χ0v) is 12.8. The van der Waals surface area contributed by atoms with Crippen LogP contribution in [0.1, 0.15) is 12.5 Å². The number of halogens is 1. The summed E-state index contributed by atoms with van der Waals surface area (Å²) in [5.41, 5.74) is 3.01. The van der Waals surface area contributed by atoms with Gasteiger partial charge in [0.2, 0.25) is 0 Å². The first-order valence-electron chi connectivity index (χ1n) is 6.98. The minimum atomic E-state index is -0.143. The fourth-order valence-electron chi connectivity index (χ4n) is 2.27. The van der Waals surface area contributed by atoms with E-state index in [2.05, 4.69) is 10.6 Å². The molecule has 0 fully saturated rings. The molecule has 0 aliphatic carbocycles. The monoisotopic (exact) mass is 314 g/mol. The van der Waals surface area contributed by atoms with Crippen LogP contribution in [0.5, 0.6) is 5.75 Å². The molecule has 0 bridgehead atoms. The summed E-state index contributed by atoms with van der Waals surface area (Å²) < 4.78 is 5.39. The van der Waals surface area contributed by atoms with Crippen molar-refractivity contribution < 1.29 is 9.53 Å². The Kier molecular flexibility index (Phi) is 4.02. The van der Waals surface area contributed by atoms with Crippen LogP contribution in [0.25, 0.3) is 5.57 Å². The average Bonchev–Trinajstić information content (AvgIpc) is 2.82. The van der Waals surface area contributed by atoms with Crippen LogP contribution in [-0.4, -0.2) is 12.5 Å². The zero-order valence-electron chi connectivity index (χ0n) is 12.0. The lowest BCUT2D eigenvalue weighted by Gasteiger charge is -2.05. The summed E-state index contributed by atoms with van der Waals surface area (Å²) in [6.45, 7) is 2.58. The van der Waals surface area contributed by atoms with Crippen LogP contribution in [0.4, 0.5) is 11.4 Å². The standard InChI is InChI=1S/C17H15ClN2O2/c1-2-22-13-6-4-12(5-7-13)19-10-15-14-9-11(18)3-8-16(14)20-17(15)21/h3-10,19H,2H2,1H3,(H,20,21)/b15-10-. The van der Waals surface area contributed by atoms with E-state index in [1.807, 2.05) is 31.2 Å². The van der Waals surface area contributed by atoms with E-state index in [1.54, 1.807) is 24.4 Å². The first-order chi connectivity index (χ1) is 10.7. The molecule has 2 aromatic rings. The van der Waals surface area contributed by atoms with Crippen LogP contribution in [0.15, 0.2) is 48.7 Å². The largest absolute Gasteiger partial charge is 0.494 e. The van der Waals surface area contributed by atoms with Gasteiger partial charge in [0, 0.05) is 28.2 Å². The lowest BCUT2D eigenvalue weighted by atomic mass is 10.1. The molecule has 4 nitrogen and oxygen atoms in total. The first-order valence-corrected chi connectivity index (χ1v) is 7.36. The van der Waals surface area contributed by atoms with Crippen LogP contribution in [0.2, 0.25) is 5.02 Å². The molecule has 1 aliphatic rings. The zero-order chi connectivity index (χ0) is 15.5. The smallest absolute Gasteiger partial charge is 0.257 e. The van der Waals surface area contributed by atoms with Crippen molar-refractivity contribution in [1.82, 2.24) is 0 Å². The van der Waals surface area contributed by atoms with Gasteiger partial charge in [-0.1, -0.05) is 11.6 Å². The molecule has 0 saturated heterocycles. The van der Waals surface area contributed by atoms with Gasteiger partial charge in [0.05, 0.1) is 12.2 Å². The minimum absolute atomic E-state index is 0.143. The summed E-state index contributed by atoms with van der Waals surface area (Å²) >= 11 is 6.00.